The van der Waals surface area contributed by atoms with E-state index < -0.39 is 28.8 Å². The molecule has 1 aromatic rings. The van der Waals surface area contributed by atoms with E-state index in [0.717, 1.165) is 13.8 Å². The molecule has 0 saturated carbocycles. The first-order valence-electron chi connectivity index (χ1n) is 5.37. The zero-order valence-electron chi connectivity index (χ0n) is 10.6. The number of carbonyl (C=O) groups is 1. The van der Waals surface area contributed by atoms with Crippen LogP contribution in [0.4, 0.5) is 30.7 Å². The Balaban J connectivity index is 3.68. The van der Waals surface area contributed by atoms with Gasteiger partial charge in [-0.05, 0) is 36.6 Å². The van der Waals surface area contributed by atoms with Gasteiger partial charge < -0.3 is 0 Å². The Labute approximate surface area is 119 Å². The molecule has 0 aliphatic carbocycles. The molecule has 0 N–H and O–H groups in total. The molecular formula is C12H8ClF7O. The molecule has 9 heteroatoms. The van der Waals surface area contributed by atoms with Crippen molar-refractivity contribution >= 4 is 16.8 Å². The molecule has 0 amide bonds. The number of halogens is 8. The predicted octanol–water partition coefficient (Wildman–Crippen LogP) is 4.97. The van der Waals surface area contributed by atoms with Crippen molar-refractivity contribution in [1.29, 1.82) is 0 Å². The average molecular weight is 337 g/mol. The van der Waals surface area contributed by atoms with Crippen LogP contribution in [0.15, 0.2) is 12.1 Å². The summed E-state index contributed by atoms with van der Waals surface area (Å²) in [6.07, 6.45) is -12.4. The van der Waals surface area contributed by atoms with Crippen molar-refractivity contribution in [2.45, 2.75) is 31.9 Å². The zero-order valence-corrected chi connectivity index (χ0v) is 11.3. The minimum absolute atomic E-state index is 0.257. The Hall–Kier alpha value is -1.31. The van der Waals surface area contributed by atoms with Gasteiger partial charge in [0.15, 0.2) is 0 Å². The van der Waals surface area contributed by atoms with E-state index in [1.54, 1.807) is 0 Å². The summed E-state index contributed by atoms with van der Waals surface area (Å²) in [5.41, 5.74) is -7.98. The molecule has 0 heterocycles. The maximum atomic E-state index is 13.9. The minimum atomic E-state index is -6.20. The van der Waals surface area contributed by atoms with Crippen LogP contribution in [0, 0.1) is 13.8 Å². The van der Waals surface area contributed by atoms with Crippen molar-refractivity contribution in [2.24, 2.45) is 0 Å². The standard InChI is InChI=1S/C12H8ClF7O/c1-5-3-7(4-6(2)8(5)9(13)21)10(14,11(15,16)17)12(18,19)20/h3-4H,1-2H3. The third kappa shape index (κ3) is 2.86. The molecule has 0 aliphatic heterocycles. The molecule has 1 rings (SSSR count). The Morgan fingerprint density at radius 1 is 0.905 bits per heavy atom. The highest BCUT2D eigenvalue weighted by Gasteiger charge is 2.73. The monoisotopic (exact) mass is 336 g/mol. The largest absolute Gasteiger partial charge is 0.435 e. The molecule has 0 aromatic heterocycles. The predicted molar refractivity (Wildman–Crippen MR) is 61.0 cm³/mol. The Bertz CT molecular complexity index is 537. The Kier molecular flexibility index (Phi) is 4.35. The van der Waals surface area contributed by atoms with E-state index in [0.29, 0.717) is 12.1 Å². The number of carbonyl (C=O) groups excluding carboxylic acids is 1. The quantitative estimate of drug-likeness (QED) is 0.550. The Morgan fingerprint density at radius 2 is 1.24 bits per heavy atom. The molecule has 0 radical (unpaired) electrons. The van der Waals surface area contributed by atoms with Crippen molar-refractivity contribution in [1.82, 2.24) is 0 Å². The topological polar surface area (TPSA) is 17.1 Å². The van der Waals surface area contributed by atoms with Crippen molar-refractivity contribution in [3.63, 3.8) is 0 Å². The molecule has 0 spiro atoms. The lowest BCUT2D eigenvalue weighted by molar-refractivity contribution is -0.348. The second-order valence-electron chi connectivity index (χ2n) is 4.41. The van der Waals surface area contributed by atoms with Crippen molar-refractivity contribution in [3.8, 4) is 0 Å². The van der Waals surface area contributed by atoms with Crippen LogP contribution in [-0.4, -0.2) is 17.6 Å². The van der Waals surface area contributed by atoms with E-state index in [4.69, 9.17) is 11.6 Å². The summed E-state index contributed by atoms with van der Waals surface area (Å²) in [6, 6.07) is 0.646. The van der Waals surface area contributed by atoms with E-state index >= 15 is 0 Å². The number of hydrogen-bond donors (Lipinski definition) is 0. The second-order valence-corrected chi connectivity index (χ2v) is 4.76. The molecule has 21 heavy (non-hydrogen) atoms. The molecule has 0 unspecified atom stereocenters. The van der Waals surface area contributed by atoms with Crippen LogP contribution in [0.2, 0.25) is 0 Å². The van der Waals surface area contributed by atoms with E-state index in [1.165, 1.54) is 0 Å². The Morgan fingerprint density at radius 3 is 1.48 bits per heavy atom. The molecule has 1 nitrogen and oxygen atoms in total. The summed E-state index contributed by atoms with van der Waals surface area (Å²) in [5.74, 6) is 0. The van der Waals surface area contributed by atoms with Gasteiger partial charge in [0.2, 0.25) is 0 Å². The summed E-state index contributed by atoms with van der Waals surface area (Å²) < 4.78 is 89.6. The number of hydrogen-bond acceptors (Lipinski definition) is 1. The smallest absolute Gasteiger partial charge is 0.276 e. The highest BCUT2D eigenvalue weighted by atomic mass is 35.5. The molecule has 1 aromatic carbocycles. The van der Waals surface area contributed by atoms with Crippen LogP contribution in [0.3, 0.4) is 0 Å². The normalized spacial score (nSPS) is 13.4. The lowest BCUT2D eigenvalue weighted by Crippen LogP contribution is -2.50. The minimum Gasteiger partial charge on any atom is -0.276 e. The average Bonchev–Trinajstić information content (AvgIpc) is 2.22. The highest BCUT2D eigenvalue weighted by molar-refractivity contribution is 6.68. The van der Waals surface area contributed by atoms with Gasteiger partial charge in [-0.3, -0.25) is 4.79 Å². The van der Waals surface area contributed by atoms with Gasteiger partial charge >= 0.3 is 18.0 Å². The van der Waals surface area contributed by atoms with Gasteiger partial charge in [0.1, 0.15) is 0 Å². The van der Waals surface area contributed by atoms with E-state index in [-0.39, 0.29) is 16.7 Å². The number of aryl methyl sites for hydroxylation is 2. The number of benzene rings is 1. The summed E-state index contributed by atoms with van der Waals surface area (Å²) >= 11 is 5.18. The van der Waals surface area contributed by atoms with Crippen molar-refractivity contribution < 1.29 is 35.5 Å². The molecule has 118 valence electrons. The second kappa shape index (κ2) is 5.15. The van der Waals surface area contributed by atoms with Gasteiger partial charge in [-0.2, -0.15) is 26.3 Å². The maximum Gasteiger partial charge on any atom is 0.435 e. The van der Waals surface area contributed by atoms with E-state index in [1.807, 2.05) is 0 Å². The van der Waals surface area contributed by atoms with E-state index in [2.05, 4.69) is 0 Å². The summed E-state index contributed by atoms with van der Waals surface area (Å²) in [7, 11) is 0. The summed E-state index contributed by atoms with van der Waals surface area (Å²) in [6.45, 7) is 2.14. The third-order valence-corrected chi connectivity index (χ3v) is 3.10. The van der Waals surface area contributed by atoms with Crippen LogP contribution in [0.25, 0.3) is 0 Å². The van der Waals surface area contributed by atoms with Crippen LogP contribution in [-0.2, 0) is 5.67 Å². The first kappa shape index (κ1) is 17.7. The van der Waals surface area contributed by atoms with Gasteiger partial charge in [-0.15, -0.1) is 0 Å². The highest BCUT2D eigenvalue weighted by Crippen LogP contribution is 2.53. The van der Waals surface area contributed by atoms with Gasteiger partial charge in [-0.1, -0.05) is 12.1 Å². The fourth-order valence-corrected chi connectivity index (χ4v) is 2.26. The molecule has 0 saturated heterocycles. The summed E-state index contributed by atoms with van der Waals surface area (Å²) in [4.78, 5) is 11.1. The first-order chi connectivity index (χ1) is 9.23. The van der Waals surface area contributed by atoms with Crippen LogP contribution in [0.5, 0.6) is 0 Å². The number of alkyl halides is 7. The molecule has 0 aliphatic rings. The van der Waals surface area contributed by atoms with Gasteiger partial charge in [-0.25, -0.2) is 4.39 Å². The molecule has 0 atom stereocenters. The lowest BCUT2D eigenvalue weighted by Gasteiger charge is -2.31. The molecular weight excluding hydrogens is 329 g/mol. The fourth-order valence-electron chi connectivity index (χ4n) is 1.96. The van der Waals surface area contributed by atoms with Crippen molar-refractivity contribution in [2.75, 3.05) is 0 Å². The van der Waals surface area contributed by atoms with E-state index in [9.17, 15) is 35.5 Å². The van der Waals surface area contributed by atoms with Crippen molar-refractivity contribution in [3.05, 3.63) is 34.4 Å². The van der Waals surface area contributed by atoms with Gasteiger partial charge in [0.25, 0.3) is 5.24 Å². The molecule has 0 fully saturated rings. The number of rotatable bonds is 2. The summed E-state index contributed by atoms with van der Waals surface area (Å²) in [5, 5.41) is -1.06. The van der Waals surface area contributed by atoms with Gasteiger partial charge in [0.05, 0.1) is 0 Å². The zero-order chi connectivity index (χ0) is 16.8. The van der Waals surface area contributed by atoms with Gasteiger partial charge in [0, 0.05) is 11.1 Å². The lowest BCUT2D eigenvalue weighted by atomic mass is 9.89. The van der Waals surface area contributed by atoms with Crippen LogP contribution >= 0.6 is 11.6 Å². The fraction of sp³-hybridized carbons (Fsp3) is 0.417. The van der Waals surface area contributed by atoms with Crippen LogP contribution in [0.1, 0.15) is 27.0 Å². The van der Waals surface area contributed by atoms with Crippen LogP contribution < -0.4 is 0 Å². The first-order valence-corrected chi connectivity index (χ1v) is 5.75. The molecule has 0 bridgehead atoms. The SMILES string of the molecule is Cc1cc(C(F)(C(F)(F)F)C(F)(F)F)cc(C)c1C(=O)Cl. The third-order valence-electron chi connectivity index (χ3n) is 2.91. The maximum absolute atomic E-state index is 13.9.